The Hall–Kier alpha value is -1.43. The van der Waals surface area contributed by atoms with Gasteiger partial charge in [0, 0.05) is 32.2 Å². The number of hydrogen-bond donors (Lipinski definition) is 2. The molecule has 0 saturated carbocycles. The summed E-state index contributed by atoms with van der Waals surface area (Å²) < 4.78 is 0. The number of hydrazine groups is 1. The molecule has 1 aliphatic rings. The van der Waals surface area contributed by atoms with Crippen LogP contribution in [0.3, 0.4) is 0 Å². The molecule has 1 amide bonds. The Morgan fingerprint density at radius 3 is 2.83 bits per heavy atom. The molecule has 0 atom stereocenters. The van der Waals surface area contributed by atoms with Gasteiger partial charge in [-0.1, -0.05) is 13.0 Å². The SMILES string of the molecule is CCCN1Cc2ccc(C(=O)NO)cc2CN1C. The second-order valence-electron chi connectivity index (χ2n) is 4.63. The van der Waals surface area contributed by atoms with E-state index >= 15 is 0 Å². The minimum atomic E-state index is -0.462. The van der Waals surface area contributed by atoms with Crippen LogP contribution in [-0.2, 0) is 13.1 Å². The quantitative estimate of drug-likeness (QED) is 0.627. The summed E-state index contributed by atoms with van der Waals surface area (Å²) in [6.45, 7) is 4.87. The molecule has 0 radical (unpaired) electrons. The molecule has 0 saturated heterocycles. The van der Waals surface area contributed by atoms with Crippen LogP contribution in [0.1, 0.15) is 34.8 Å². The summed E-state index contributed by atoms with van der Waals surface area (Å²) in [7, 11) is 2.05. The lowest BCUT2D eigenvalue weighted by atomic mass is 10.0. The highest BCUT2D eigenvalue weighted by atomic mass is 16.5. The Labute approximate surface area is 107 Å². The summed E-state index contributed by atoms with van der Waals surface area (Å²) in [5.74, 6) is -0.462. The number of carbonyl (C=O) groups is 1. The number of benzene rings is 1. The Morgan fingerprint density at radius 1 is 1.39 bits per heavy atom. The first kappa shape index (κ1) is 13.0. The van der Waals surface area contributed by atoms with Crippen molar-refractivity contribution < 1.29 is 10.0 Å². The van der Waals surface area contributed by atoms with Gasteiger partial charge in [0.1, 0.15) is 0 Å². The second-order valence-corrected chi connectivity index (χ2v) is 4.63. The molecule has 2 N–H and O–H groups in total. The second kappa shape index (κ2) is 5.48. The lowest BCUT2D eigenvalue weighted by Crippen LogP contribution is -2.43. The van der Waals surface area contributed by atoms with E-state index in [-0.39, 0.29) is 0 Å². The molecular formula is C13H19N3O2. The molecule has 98 valence electrons. The van der Waals surface area contributed by atoms with Crippen LogP contribution in [0.5, 0.6) is 0 Å². The summed E-state index contributed by atoms with van der Waals surface area (Å²) in [6.07, 6.45) is 1.12. The Bertz CT molecular complexity index is 448. The fourth-order valence-corrected chi connectivity index (χ4v) is 2.30. The number of hydrogen-bond acceptors (Lipinski definition) is 4. The van der Waals surface area contributed by atoms with Gasteiger partial charge >= 0.3 is 0 Å². The minimum absolute atomic E-state index is 0.462. The fourth-order valence-electron chi connectivity index (χ4n) is 2.30. The van der Waals surface area contributed by atoms with Crippen molar-refractivity contribution in [1.29, 1.82) is 0 Å². The molecule has 2 rings (SSSR count). The molecular weight excluding hydrogens is 230 g/mol. The molecule has 1 heterocycles. The molecule has 5 heteroatoms. The van der Waals surface area contributed by atoms with Gasteiger partial charge in [-0.15, -0.1) is 0 Å². The first-order valence-corrected chi connectivity index (χ1v) is 6.18. The van der Waals surface area contributed by atoms with Gasteiger partial charge in [0.25, 0.3) is 5.91 Å². The number of fused-ring (bicyclic) bond motifs is 1. The van der Waals surface area contributed by atoms with Gasteiger partial charge in [-0.2, -0.15) is 0 Å². The first-order valence-electron chi connectivity index (χ1n) is 6.18. The van der Waals surface area contributed by atoms with E-state index in [1.807, 2.05) is 12.1 Å². The Kier molecular flexibility index (Phi) is 3.96. The van der Waals surface area contributed by atoms with Crippen LogP contribution in [-0.4, -0.2) is 34.7 Å². The molecule has 0 aliphatic carbocycles. The van der Waals surface area contributed by atoms with Gasteiger partial charge < -0.3 is 0 Å². The Balaban J connectivity index is 2.23. The van der Waals surface area contributed by atoms with E-state index in [1.165, 1.54) is 5.56 Å². The molecule has 0 fully saturated rings. The van der Waals surface area contributed by atoms with Crippen LogP contribution in [0.2, 0.25) is 0 Å². The van der Waals surface area contributed by atoms with Crippen molar-refractivity contribution in [1.82, 2.24) is 15.5 Å². The largest absolute Gasteiger partial charge is 0.288 e. The monoisotopic (exact) mass is 249 g/mol. The number of nitrogens with zero attached hydrogens (tertiary/aromatic N) is 2. The third kappa shape index (κ3) is 2.53. The molecule has 0 unspecified atom stereocenters. The van der Waals surface area contributed by atoms with E-state index in [0.717, 1.165) is 31.6 Å². The lowest BCUT2D eigenvalue weighted by Gasteiger charge is -2.37. The van der Waals surface area contributed by atoms with Crippen LogP contribution in [0, 0.1) is 0 Å². The first-order chi connectivity index (χ1) is 8.65. The van der Waals surface area contributed by atoms with Crippen LogP contribution < -0.4 is 5.48 Å². The zero-order valence-electron chi connectivity index (χ0n) is 10.8. The molecule has 0 spiro atoms. The number of carbonyl (C=O) groups excluding carboxylic acids is 1. The average molecular weight is 249 g/mol. The van der Waals surface area contributed by atoms with Crippen LogP contribution >= 0.6 is 0 Å². The molecule has 18 heavy (non-hydrogen) atoms. The fraction of sp³-hybridized carbons (Fsp3) is 0.462. The summed E-state index contributed by atoms with van der Waals surface area (Å²) >= 11 is 0. The summed E-state index contributed by atoms with van der Waals surface area (Å²) in [5, 5.41) is 13.1. The van der Waals surface area contributed by atoms with Crippen LogP contribution in [0.15, 0.2) is 18.2 Å². The number of hydroxylamine groups is 1. The van der Waals surface area contributed by atoms with Crippen molar-refractivity contribution in [3.63, 3.8) is 0 Å². The van der Waals surface area contributed by atoms with Crippen molar-refractivity contribution in [2.75, 3.05) is 13.6 Å². The zero-order valence-corrected chi connectivity index (χ0v) is 10.8. The average Bonchev–Trinajstić information content (AvgIpc) is 2.38. The normalized spacial score (nSPS) is 16.4. The Morgan fingerprint density at radius 2 is 2.17 bits per heavy atom. The maximum Gasteiger partial charge on any atom is 0.274 e. The highest BCUT2D eigenvalue weighted by Gasteiger charge is 2.21. The maximum absolute atomic E-state index is 11.4. The van der Waals surface area contributed by atoms with Crippen molar-refractivity contribution in [2.24, 2.45) is 0 Å². The van der Waals surface area contributed by atoms with Gasteiger partial charge in [-0.25, -0.2) is 15.5 Å². The zero-order chi connectivity index (χ0) is 13.1. The van der Waals surface area contributed by atoms with Crippen molar-refractivity contribution in [3.8, 4) is 0 Å². The topological polar surface area (TPSA) is 55.8 Å². The summed E-state index contributed by atoms with van der Waals surface area (Å²) in [6, 6.07) is 5.57. The van der Waals surface area contributed by atoms with Crippen molar-refractivity contribution >= 4 is 5.91 Å². The van der Waals surface area contributed by atoms with E-state index in [1.54, 1.807) is 11.5 Å². The third-order valence-electron chi connectivity index (χ3n) is 3.29. The van der Waals surface area contributed by atoms with Gasteiger partial charge in [-0.3, -0.25) is 10.0 Å². The molecule has 0 bridgehead atoms. The van der Waals surface area contributed by atoms with E-state index in [0.29, 0.717) is 5.56 Å². The number of rotatable bonds is 3. The molecule has 1 aromatic rings. The minimum Gasteiger partial charge on any atom is -0.288 e. The van der Waals surface area contributed by atoms with E-state index in [4.69, 9.17) is 5.21 Å². The van der Waals surface area contributed by atoms with E-state index in [2.05, 4.69) is 24.0 Å². The lowest BCUT2D eigenvalue weighted by molar-refractivity contribution is -0.0283. The third-order valence-corrected chi connectivity index (χ3v) is 3.29. The van der Waals surface area contributed by atoms with Crippen molar-refractivity contribution in [2.45, 2.75) is 26.4 Å². The highest BCUT2D eigenvalue weighted by molar-refractivity contribution is 5.93. The molecule has 0 aromatic heterocycles. The smallest absolute Gasteiger partial charge is 0.274 e. The van der Waals surface area contributed by atoms with Gasteiger partial charge in [-0.05, 0) is 29.7 Å². The summed E-state index contributed by atoms with van der Waals surface area (Å²) in [4.78, 5) is 11.4. The van der Waals surface area contributed by atoms with E-state index in [9.17, 15) is 4.79 Å². The predicted molar refractivity (Wildman–Crippen MR) is 67.9 cm³/mol. The van der Waals surface area contributed by atoms with Gasteiger partial charge in [0.15, 0.2) is 0 Å². The standard InChI is InChI=1S/C13H19N3O2/c1-3-6-16-9-11-5-4-10(13(17)14-18)7-12(11)8-15(16)2/h4-5,7,18H,3,6,8-9H2,1-2H3,(H,14,17). The van der Waals surface area contributed by atoms with Gasteiger partial charge in [0.2, 0.25) is 0 Å². The van der Waals surface area contributed by atoms with Crippen molar-refractivity contribution in [3.05, 3.63) is 34.9 Å². The number of nitrogens with one attached hydrogen (secondary N) is 1. The maximum atomic E-state index is 11.4. The molecule has 5 nitrogen and oxygen atoms in total. The highest BCUT2D eigenvalue weighted by Crippen LogP contribution is 2.22. The number of amides is 1. The predicted octanol–water partition coefficient (Wildman–Crippen LogP) is 1.38. The van der Waals surface area contributed by atoms with Crippen LogP contribution in [0.4, 0.5) is 0 Å². The molecule has 1 aromatic carbocycles. The van der Waals surface area contributed by atoms with Gasteiger partial charge in [0.05, 0.1) is 0 Å². The summed E-state index contributed by atoms with van der Waals surface area (Å²) in [5.41, 5.74) is 4.55. The molecule has 1 aliphatic heterocycles. The van der Waals surface area contributed by atoms with E-state index < -0.39 is 5.91 Å². The van der Waals surface area contributed by atoms with Crippen LogP contribution in [0.25, 0.3) is 0 Å².